The molecule has 3 heterocycles. The molecule has 0 spiro atoms. The number of nitrogens with one attached hydrogen (secondary N) is 1. The molecule has 2 aromatic carbocycles. The van der Waals surface area contributed by atoms with E-state index in [0.29, 0.717) is 24.1 Å². The maximum Gasteiger partial charge on any atom is 0.329 e. The summed E-state index contributed by atoms with van der Waals surface area (Å²) in [6.07, 6.45) is 8.22. The molecule has 0 aliphatic rings. The van der Waals surface area contributed by atoms with Crippen molar-refractivity contribution in [1.82, 2.24) is 34.7 Å². The molecule has 9 heteroatoms. The van der Waals surface area contributed by atoms with Crippen LogP contribution in [0.1, 0.15) is 43.0 Å². The number of aromatic amines is 1. The number of aryl methyl sites for hydroxylation is 1. The van der Waals surface area contributed by atoms with E-state index in [2.05, 4.69) is 44.7 Å². The van der Waals surface area contributed by atoms with Crippen molar-refractivity contribution >= 4 is 11.6 Å². The van der Waals surface area contributed by atoms with Crippen molar-refractivity contribution in [3.05, 3.63) is 106 Å². The number of halogens is 1. The minimum Gasteiger partial charge on any atom is -0.290 e. The van der Waals surface area contributed by atoms with Crippen LogP contribution in [0.3, 0.4) is 0 Å². The number of benzene rings is 2. The quantitative estimate of drug-likeness (QED) is 0.227. The Morgan fingerprint density at radius 1 is 0.895 bits per heavy atom. The predicted octanol–water partition coefficient (Wildman–Crippen LogP) is 5.57. The van der Waals surface area contributed by atoms with Crippen LogP contribution in [0.4, 0.5) is 0 Å². The molecule has 5 rings (SSSR count). The molecule has 0 radical (unpaired) electrons. The van der Waals surface area contributed by atoms with Crippen LogP contribution in [-0.4, -0.2) is 34.7 Å². The highest BCUT2D eigenvalue weighted by Gasteiger charge is 2.19. The van der Waals surface area contributed by atoms with Gasteiger partial charge in [0.05, 0.1) is 12.2 Å². The van der Waals surface area contributed by atoms with Gasteiger partial charge in [0.2, 0.25) is 5.82 Å². The van der Waals surface area contributed by atoms with Crippen LogP contribution in [0.25, 0.3) is 22.5 Å². The molecular weight excluding hydrogens is 498 g/mol. The second-order valence-corrected chi connectivity index (χ2v) is 9.66. The maximum atomic E-state index is 13.5. The Bertz CT molecular complexity index is 1520. The molecule has 0 bridgehead atoms. The van der Waals surface area contributed by atoms with E-state index in [1.54, 1.807) is 17.0 Å². The number of hydrogen-bond donors (Lipinski definition) is 1. The van der Waals surface area contributed by atoms with Crippen molar-refractivity contribution in [3.63, 3.8) is 0 Å². The first-order valence-electron chi connectivity index (χ1n) is 12.9. The fraction of sp³-hybridized carbons (Fsp3) is 0.276. The van der Waals surface area contributed by atoms with Gasteiger partial charge in [0.15, 0.2) is 0 Å². The summed E-state index contributed by atoms with van der Waals surface area (Å²) in [5.74, 6) is 0.493. The molecule has 0 aliphatic heterocycles. The number of aromatic nitrogens is 7. The lowest BCUT2D eigenvalue weighted by Gasteiger charge is -2.10. The lowest BCUT2D eigenvalue weighted by atomic mass is 10.00. The zero-order valence-corrected chi connectivity index (χ0v) is 22.1. The monoisotopic (exact) mass is 527 g/mol. The summed E-state index contributed by atoms with van der Waals surface area (Å²) in [6.45, 7) is 3.19. The molecule has 0 atom stereocenters. The fourth-order valence-electron chi connectivity index (χ4n) is 4.71. The number of hydrogen-bond acceptors (Lipinski definition) is 5. The first-order valence-corrected chi connectivity index (χ1v) is 13.3. The Morgan fingerprint density at radius 2 is 1.71 bits per heavy atom. The zero-order chi connectivity index (χ0) is 26.3. The Kier molecular flexibility index (Phi) is 8.09. The van der Waals surface area contributed by atoms with E-state index < -0.39 is 0 Å². The Hall–Kier alpha value is -4.04. The topological polar surface area (TPSA) is 94.3 Å². The van der Waals surface area contributed by atoms with Crippen LogP contribution in [0.5, 0.6) is 0 Å². The van der Waals surface area contributed by atoms with Crippen molar-refractivity contribution in [3.8, 4) is 22.5 Å². The van der Waals surface area contributed by atoms with E-state index in [0.717, 1.165) is 60.1 Å². The number of unbranched alkanes of at least 4 members (excludes halogenated alkanes) is 2. The molecule has 0 aliphatic carbocycles. The Labute approximate surface area is 226 Å². The Morgan fingerprint density at radius 3 is 2.45 bits per heavy atom. The van der Waals surface area contributed by atoms with E-state index in [1.807, 2.05) is 53.1 Å². The normalized spacial score (nSPS) is 11.2. The number of H-pyrrole nitrogens is 1. The highest BCUT2D eigenvalue weighted by Crippen LogP contribution is 2.29. The third-order valence-electron chi connectivity index (χ3n) is 6.76. The van der Waals surface area contributed by atoms with E-state index >= 15 is 0 Å². The van der Waals surface area contributed by atoms with Gasteiger partial charge in [-0.1, -0.05) is 86.0 Å². The van der Waals surface area contributed by atoms with Gasteiger partial charge in [-0.2, -0.15) is 5.21 Å². The summed E-state index contributed by atoms with van der Waals surface area (Å²) in [4.78, 5) is 17.8. The van der Waals surface area contributed by atoms with Crippen molar-refractivity contribution in [2.45, 2.75) is 52.1 Å². The van der Waals surface area contributed by atoms with Crippen LogP contribution >= 0.6 is 11.6 Å². The van der Waals surface area contributed by atoms with Crippen LogP contribution in [-0.2, 0) is 25.9 Å². The molecule has 0 amide bonds. The smallest absolute Gasteiger partial charge is 0.290 e. The van der Waals surface area contributed by atoms with Crippen LogP contribution in [0, 0.1) is 0 Å². The fourth-order valence-corrected chi connectivity index (χ4v) is 5.06. The second kappa shape index (κ2) is 12.0. The van der Waals surface area contributed by atoms with Gasteiger partial charge < -0.3 is 0 Å². The average Bonchev–Trinajstić information content (AvgIpc) is 3.57. The first kappa shape index (κ1) is 25.6. The van der Waals surface area contributed by atoms with Gasteiger partial charge in [0.25, 0.3) is 0 Å². The highest BCUT2D eigenvalue weighted by molar-refractivity contribution is 6.30. The third-order valence-corrected chi connectivity index (χ3v) is 7.18. The standard InChI is InChI=1S/C29H30ClN7O/c1-2-3-5-10-26-27(30)36(18-16-21-8-6-4-7-9-21)29(38)37(26)20-22-11-13-23(14-12-22)24-15-17-31-19-25(24)28-32-34-35-33-28/h4,6-9,11-15,17,19H,2-3,5,10,16,18,20H2,1H3,(H,32,33,34,35). The molecule has 0 saturated carbocycles. The van der Waals surface area contributed by atoms with Gasteiger partial charge >= 0.3 is 5.69 Å². The van der Waals surface area contributed by atoms with Gasteiger partial charge in [0, 0.05) is 24.5 Å². The molecule has 0 fully saturated rings. The van der Waals surface area contributed by atoms with Crippen molar-refractivity contribution in [2.24, 2.45) is 0 Å². The molecule has 5 aromatic rings. The Balaban J connectivity index is 1.41. The van der Waals surface area contributed by atoms with Gasteiger partial charge in [0.1, 0.15) is 5.15 Å². The summed E-state index contributed by atoms with van der Waals surface area (Å²) in [7, 11) is 0. The average molecular weight is 528 g/mol. The van der Waals surface area contributed by atoms with Gasteiger partial charge in [-0.05, 0) is 52.8 Å². The molecule has 8 nitrogen and oxygen atoms in total. The lowest BCUT2D eigenvalue weighted by Crippen LogP contribution is -2.26. The number of tetrazole rings is 1. The van der Waals surface area contributed by atoms with E-state index in [1.165, 1.54) is 5.56 Å². The maximum absolute atomic E-state index is 13.5. The van der Waals surface area contributed by atoms with Crippen molar-refractivity contribution in [1.29, 1.82) is 0 Å². The van der Waals surface area contributed by atoms with Crippen LogP contribution < -0.4 is 5.69 Å². The zero-order valence-electron chi connectivity index (χ0n) is 21.3. The summed E-state index contributed by atoms with van der Waals surface area (Å²) in [6, 6.07) is 20.3. The number of nitrogens with zero attached hydrogens (tertiary/aromatic N) is 6. The largest absolute Gasteiger partial charge is 0.329 e. The summed E-state index contributed by atoms with van der Waals surface area (Å²) in [5, 5.41) is 14.9. The molecule has 38 heavy (non-hydrogen) atoms. The number of imidazole rings is 1. The summed E-state index contributed by atoms with van der Waals surface area (Å²) < 4.78 is 3.56. The second-order valence-electron chi connectivity index (χ2n) is 9.30. The molecule has 0 unspecified atom stereocenters. The molecule has 3 aromatic heterocycles. The summed E-state index contributed by atoms with van der Waals surface area (Å²) in [5.41, 5.74) is 5.82. The predicted molar refractivity (Wildman–Crippen MR) is 149 cm³/mol. The van der Waals surface area contributed by atoms with E-state index in [4.69, 9.17) is 11.6 Å². The number of rotatable bonds is 11. The van der Waals surface area contributed by atoms with Crippen molar-refractivity contribution in [2.75, 3.05) is 0 Å². The number of pyridine rings is 1. The first-order chi connectivity index (χ1) is 18.7. The van der Waals surface area contributed by atoms with Gasteiger partial charge in [-0.15, -0.1) is 10.2 Å². The SMILES string of the molecule is CCCCCc1c(Cl)n(CCc2ccccc2)c(=O)n1Cc1ccc(-c2ccncc2-c2nn[nH]n2)cc1. The van der Waals surface area contributed by atoms with Crippen LogP contribution in [0.2, 0.25) is 5.15 Å². The molecular formula is C29H30ClN7O. The van der Waals surface area contributed by atoms with Crippen molar-refractivity contribution < 1.29 is 0 Å². The molecule has 194 valence electrons. The molecule has 0 saturated heterocycles. The van der Waals surface area contributed by atoms with Crippen LogP contribution in [0.15, 0.2) is 77.9 Å². The minimum absolute atomic E-state index is 0.0602. The minimum atomic E-state index is -0.0602. The van der Waals surface area contributed by atoms with Gasteiger partial charge in [-0.3, -0.25) is 14.1 Å². The lowest BCUT2D eigenvalue weighted by molar-refractivity contribution is 0.622. The highest BCUT2D eigenvalue weighted by atomic mass is 35.5. The molecule has 1 N–H and O–H groups in total. The third kappa shape index (κ3) is 5.60. The summed E-state index contributed by atoms with van der Waals surface area (Å²) >= 11 is 6.83. The van der Waals surface area contributed by atoms with Gasteiger partial charge in [-0.25, -0.2) is 4.79 Å². The van der Waals surface area contributed by atoms with E-state index in [-0.39, 0.29) is 5.69 Å². The van der Waals surface area contributed by atoms with E-state index in [9.17, 15) is 4.79 Å².